The normalized spacial score (nSPS) is 19.9. The monoisotopic (exact) mass is 412 g/mol. The molecule has 2 atom stereocenters. The van der Waals surface area contributed by atoms with Crippen molar-refractivity contribution < 1.29 is 13.2 Å². The molecule has 2 unspecified atom stereocenters. The summed E-state index contributed by atoms with van der Waals surface area (Å²) in [5, 5.41) is 2.95. The number of hydrogen-bond acceptors (Lipinski definition) is 3. The summed E-state index contributed by atoms with van der Waals surface area (Å²) < 4.78 is 27.9. The van der Waals surface area contributed by atoms with Crippen molar-refractivity contribution in [2.24, 2.45) is 17.3 Å². The van der Waals surface area contributed by atoms with Crippen LogP contribution in [0.4, 0.5) is 11.4 Å². The zero-order valence-corrected chi connectivity index (χ0v) is 18.3. The van der Waals surface area contributed by atoms with Gasteiger partial charge in [0.1, 0.15) is 0 Å². The molecule has 1 aliphatic carbocycles. The van der Waals surface area contributed by atoms with Crippen LogP contribution in [0, 0.1) is 24.2 Å². The number of carbonyl (C=O) groups excluding carboxylic acids is 1. The Bertz CT molecular complexity index is 1050. The van der Waals surface area contributed by atoms with Gasteiger partial charge in [-0.25, -0.2) is 8.42 Å². The maximum Gasteiger partial charge on any atom is 0.261 e. The van der Waals surface area contributed by atoms with Crippen molar-refractivity contribution in [1.29, 1.82) is 0 Å². The maximum absolute atomic E-state index is 12.8. The summed E-state index contributed by atoms with van der Waals surface area (Å²) in [4.78, 5) is 13.0. The highest BCUT2D eigenvalue weighted by Gasteiger charge is 2.60. The third-order valence-corrected chi connectivity index (χ3v) is 6.89. The summed E-state index contributed by atoms with van der Waals surface area (Å²) in [6.07, 6.45) is 2.15. The van der Waals surface area contributed by atoms with Crippen molar-refractivity contribution >= 4 is 27.3 Å². The molecule has 0 spiro atoms. The van der Waals surface area contributed by atoms with Gasteiger partial charge < -0.3 is 5.32 Å². The predicted octanol–water partition coefficient (Wildman–Crippen LogP) is 4.97. The predicted molar refractivity (Wildman–Crippen MR) is 117 cm³/mol. The molecule has 0 heterocycles. The number of sulfonamides is 1. The van der Waals surface area contributed by atoms with Crippen LogP contribution in [0.1, 0.15) is 33.3 Å². The lowest BCUT2D eigenvalue weighted by Crippen LogP contribution is -2.18. The highest BCUT2D eigenvalue weighted by Crippen LogP contribution is 2.59. The highest BCUT2D eigenvalue weighted by molar-refractivity contribution is 7.92. The van der Waals surface area contributed by atoms with E-state index in [0.29, 0.717) is 11.4 Å². The van der Waals surface area contributed by atoms with E-state index in [9.17, 15) is 13.2 Å². The van der Waals surface area contributed by atoms with Crippen LogP contribution < -0.4 is 10.0 Å². The number of rotatable bonds is 6. The molecule has 3 rings (SSSR count). The van der Waals surface area contributed by atoms with Gasteiger partial charge in [0.2, 0.25) is 5.91 Å². The summed E-state index contributed by atoms with van der Waals surface area (Å²) in [6, 6.07) is 13.5. The van der Waals surface area contributed by atoms with E-state index in [4.69, 9.17) is 0 Å². The number of aryl methyl sites for hydroxylation is 1. The Labute approximate surface area is 173 Å². The molecule has 154 valence electrons. The average molecular weight is 413 g/mol. The van der Waals surface area contributed by atoms with Crippen LogP contribution in [0.15, 0.2) is 65.1 Å². The first-order chi connectivity index (χ1) is 13.5. The van der Waals surface area contributed by atoms with Gasteiger partial charge in [0.05, 0.1) is 16.5 Å². The fourth-order valence-corrected chi connectivity index (χ4v) is 4.82. The zero-order valence-electron chi connectivity index (χ0n) is 17.5. The number of benzene rings is 2. The van der Waals surface area contributed by atoms with Crippen molar-refractivity contribution in [3.63, 3.8) is 0 Å². The number of nitrogens with one attached hydrogen (secondary N) is 2. The van der Waals surface area contributed by atoms with Gasteiger partial charge in [-0.05, 0) is 61.9 Å². The van der Waals surface area contributed by atoms with E-state index in [2.05, 4.69) is 30.0 Å². The van der Waals surface area contributed by atoms with E-state index in [0.717, 1.165) is 5.56 Å². The number of allylic oxidation sites excluding steroid dienone is 2. The molecule has 0 aromatic heterocycles. The van der Waals surface area contributed by atoms with Gasteiger partial charge in [-0.2, -0.15) is 0 Å². The van der Waals surface area contributed by atoms with Crippen LogP contribution in [0.25, 0.3) is 0 Å². The molecule has 1 saturated carbocycles. The van der Waals surface area contributed by atoms with E-state index in [1.165, 1.54) is 5.57 Å². The van der Waals surface area contributed by atoms with Crippen LogP contribution in [-0.2, 0) is 14.8 Å². The Kier molecular flexibility index (Phi) is 5.59. The summed E-state index contributed by atoms with van der Waals surface area (Å²) in [6.45, 7) is 10.1. The average Bonchev–Trinajstić information content (AvgIpc) is 3.17. The first kappa shape index (κ1) is 21.1. The van der Waals surface area contributed by atoms with Crippen LogP contribution in [-0.4, -0.2) is 14.3 Å². The molecule has 2 N–H and O–H groups in total. The lowest BCUT2D eigenvalue weighted by Gasteiger charge is -2.13. The molecule has 1 amide bonds. The second kappa shape index (κ2) is 7.67. The number of hydrogen-bond donors (Lipinski definition) is 2. The zero-order chi connectivity index (χ0) is 21.4. The molecule has 2 aromatic rings. The smallest absolute Gasteiger partial charge is 0.261 e. The summed E-state index contributed by atoms with van der Waals surface area (Å²) >= 11 is 0. The Morgan fingerprint density at radius 2 is 1.72 bits per heavy atom. The molecular formula is C23H28N2O3S. The van der Waals surface area contributed by atoms with Crippen LogP contribution in [0.2, 0.25) is 0 Å². The van der Waals surface area contributed by atoms with Crippen LogP contribution >= 0.6 is 0 Å². The molecule has 0 aliphatic heterocycles. The van der Waals surface area contributed by atoms with Crippen molar-refractivity contribution in [2.75, 3.05) is 10.0 Å². The van der Waals surface area contributed by atoms with Gasteiger partial charge in [0.25, 0.3) is 10.0 Å². The molecule has 5 nitrogen and oxygen atoms in total. The second-order valence-corrected chi connectivity index (χ2v) is 10.2. The lowest BCUT2D eigenvalue weighted by atomic mass is 10.1. The van der Waals surface area contributed by atoms with E-state index < -0.39 is 10.0 Å². The van der Waals surface area contributed by atoms with Gasteiger partial charge in [0.15, 0.2) is 0 Å². The first-order valence-electron chi connectivity index (χ1n) is 9.67. The van der Waals surface area contributed by atoms with Crippen molar-refractivity contribution in [2.45, 2.75) is 39.5 Å². The maximum atomic E-state index is 12.8. The molecule has 0 saturated heterocycles. The minimum absolute atomic E-state index is 0.0433. The summed E-state index contributed by atoms with van der Waals surface area (Å²) in [7, 11) is -3.70. The Hall–Kier alpha value is -2.60. The summed E-state index contributed by atoms with van der Waals surface area (Å²) in [5.41, 5.74) is 2.92. The lowest BCUT2D eigenvalue weighted by molar-refractivity contribution is -0.118. The van der Waals surface area contributed by atoms with Gasteiger partial charge in [0, 0.05) is 5.69 Å². The van der Waals surface area contributed by atoms with Crippen molar-refractivity contribution in [3.8, 4) is 0 Å². The molecule has 1 fully saturated rings. The van der Waals surface area contributed by atoms with Gasteiger partial charge in [-0.3, -0.25) is 9.52 Å². The van der Waals surface area contributed by atoms with Gasteiger partial charge in [-0.15, -0.1) is 0 Å². The molecule has 0 bridgehead atoms. The molecular weight excluding hydrogens is 384 g/mol. The van der Waals surface area contributed by atoms with Crippen LogP contribution in [0.5, 0.6) is 0 Å². The SMILES string of the molecule is CC(C)=CC1C(C(=O)Nc2ccc(C)c(NS(=O)(=O)c3ccccc3)c2)C1(C)C. The van der Waals surface area contributed by atoms with Gasteiger partial charge >= 0.3 is 0 Å². The fourth-order valence-electron chi connectivity index (χ4n) is 3.68. The topological polar surface area (TPSA) is 75.3 Å². The standard InChI is InChI=1S/C23H28N2O3S/c1-15(2)13-19-21(23(19,4)5)22(26)24-17-12-11-16(3)20(14-17)25-29(27,28)18-9-7-6-8-10-18/h6-14,19,21,25H,1-5H3,(H,24,26). The third kappa shape index (κ3) is 4.53. The molecule has 6 heteroatoms. The summed E-state index contributed by atoms with van der Waals surface area (Å²) in [5.74, 6) is 0.0791. The van der Waals surface area contributed by atoms with E-state index >= 15 is 0 Å². The second-order valence-electron chi connectivity index (χ2n) is 8.51. The quantitative estimate of drug-likeness (QED) is 0.658. The molecule has 0 radical (unpaired) electrons. The van der Waals surface area contributed by atoms with Crippen LogP contribution in [0.3, 0.4) is 0 Å². The molecule has 1 aliphatic rings. The Balaban J connectivity index is 1.78. The van der Waals surface area contributed by atoms with E-state index in [-0.39, 0.29) is 28.1 Å². The fraction of sp³-hybridized carbons (Fsp3) is 0.348. The first-order valence-corrected chi connectivity index (χ1v) is 11.1. The molecule has 29 heavy (non-hydrogen) atoms. The van der Waals surface area contributed by atoms with E-state index in [1.807, 2.05) is 20.8 Å². The largest absolute Gasteiger partial charge is 0.326 e. The molecule has 2 aromatic carbocycles. The highest BCUT2D eigenvalue weighted by atomic mass is 32.2. The number of anilines is 2. The number of amides is 1. The van der Waals surface area contributed by atoms with Gasteiger partial charge in [-0.1, -0.05) is 49.8 Å². The third-order valence-electron chi connectivity index (χ3n) is 5.51. The minimum atomic E-state index is -3.70. The van der Waals surface area contributed by atoms with Crippen molar-refractivity contribution in [3.05, 3.63) is 65.7 Å². The number of carbonyl (C=O) groups is 1. The van der Waals surface area contributed by atoms with E-state index in [1.54, 1.807) is 48.5 Å². The Morgan fingerprint density at radius 1 is 1.07 bits per heavy atom. The minimum Gasteiger partial charge on any atom is -0.326 e. The Morgan fingerprint density at radius 3 is 2.34 bits per heavy atom. The van der Waals surface area contributed by atoms with Crippen molar-refractivity contribution in [1.82, 2.24) is 0 Å².